The summed E-state index contributed by atoms with van der Waals surface area (Å²) < 4.78 is 5.64. The lowest BCUT2D eigenvalue weighted by molar-refractivity contribution is -0.151. The van der Waals surface area contributed by atoms with E-state index in [1.807, 2.05) is 6.92 Å². The molecule has 0 spiro atoms. The summed E-state index contributed by atoms with van der Waals surface area (Å²) in [5.41, 5.74) is -0.517. The fraction of sp³-hybridized carbons (Fsp3) is 0.792. The molecular formula is C24H34O5. The third-order valence-electron chi connectivity index (χ3n) is 9.04. The number of Topliss-reactive ketones (excluding diaryl/α,β-unsaturated/α-hetero) is 1. The zero-order valence-corrected chi connectivity index (χ0v) is 18.3. The molecule has 0 aromatic heterocycles. The van der Waals surface area contributed by atoms with Crippen molar-refractivity contribution in [1.29, 1.82) is 0 Å². The Morgan fingerprint density at radius 2 is 1.83 bits per heavy atom. The zero-order chi connectivity index (χ0) is 21.4. The summed E-state index contributed by atoms with van der Waals surface area (Å²) >= 11 is 0. The van der Waals surface area contributed by atoms with E-state index in [0.29, 0.717) is 25.2 Å². The average Bonchev–Trinajstić information content (AvgIpc) is 2.88. The lowest BCUT2D eigenvalue weighted by Crippen LogP contribution is -2.57. The number of fused-ring (bicyclic) bond motifs is 5. The molecule has 5 nitrogen and oxygen atoms in total. The minimum absolute atomic E-state index is 0.0947. The number of hydrogen-bond donors (Lipinski definition) is 1. The molecule has 0 aromatic rings. The van der Waals surface area contributed by atoms with Gasteiger partial charge in [-0.25, -0.2) is 0 Å². The summed E-state index contributed by atoms with van der Waals surface area (Å²) in [5.74, 6) is 0.451. The van der Waals surface area contributed by atoms with Crippen molar-refractivity contribution in [3.8, 4) is 0 Å². The molecule has 0 aliphatic heterocycles. The van der Waals surface area contributed by atoms with Crippen LogP contribution < -0.4 is 0 Å². The van der Waals surface area contributed by atoms with Gasteiger partial charge in [0.15, 0.2) is 5.78 Å². The number of aliphatic hydroxyl groups is 1. The largest absolute Gasteiger partial charge is 0.462 e. The van der Waals surface area contributed by atoms with Crippen LogP contribution in [0, 0.1) is 34.5 Å². The lowest BCUT2D eigenvalue weighted by Gasteiger charge is -2.61. The quantitative estimate of drug-likeness (QED) is 0.714. The normalized spacial score (nSPS) is 48.8. The summed E-state index contributed by atoms with van der Waals surface area (Å²) in [5, 5.41) is 11.4. The molecule has 4 aliphatic carbocycles. The monoisotopic (exact) mass is 402 g/mol. The van der Waals surface area contributed by atoms with Gasteiger partial charge in [0.25, 0.3) is 0 Å². The number of ether oxygens (including phenoxy) is 1. The molecule has 29 heavy (non-hydrogen) atoms. The molecule has 4 aliphatic rings. The fourth-order valence-corrected chi connectivity index (χ4v) is 8.05. The molecule has 3 saturated carbocycles. The van der Waals surface area contributed by atoms with Crippen molar-refractivity contribution in [1.82, 2.24) is 0 Å². The highest BCUT2D eigenvalue weighted by molar-refractivity contribution is 5.92. The van der Waals surface area contributed by atoms with Gasteiger partial charge in [-0.1, -0.05) is 13.8 Å². The Hall–Kier alpha value is -1.49. The average molecular weight is 403 g/mol. The van der Waals surface area contributed by atoms with Gasteiger partial charge in [-0.3, -0.25) is 14.4 Å². The van der Waals surface area contributed by atoms with Crippen molar-refractivity contribution < 1.29 is 24.2 Å². The Morgan fingerprint density at radius 1 is 1.14 bits per heavy atom. The molecule has 4 rings (SSSR count). The van der Waals surface area contributed by atoms with Crippen LogP contribution in [-0.4, -0.2) is 34.3 Å². The Kier molecular flexibility index (Phi) is 4.66. The minimum Gasteiger partial charge on any atom is -0.462 e. The third kappa shape index (κ3) is 2.95. The number of carbonyl (C=O) groups excluding carboxylic acids is 3. The van der Waals surface area contributed by atoms with Crippen LogP contribution in [0.3, 0.4) is 0 Å². The fourth-order valence-electron chi connectivity index (χ4n) is 8.05. The van der Waals surface area contributed by atoms with Crippen molar-refractivity contribution in [3.63, 3.8) is 0 Å². The molecule has 0 bridgehead atoms. The summed E-state index contributed by atoms with van der Waals surface area (Å²) in [6.45, 7) is 9.29. The molecule has 0 amide bonds. The Bertz CT molecular complexity index is 795. The van der Waals surface area contributed by atoms with Crippen LogP contribution in [0.25, 0.3) is 0 Å². The highest BCUT2D eigenvalue weighted by Gasteiger charge is 2.65. The molecular weight excluding hydrogens is 368 g/mol. The highest BCUT2D eigenvalue weighted by atomic mass is 16.5. The molecule has 8 atom stereocenters. The van der Waals surface area contributed by atoms with Gasteiger partial charge in [0.2, 0.25) is 0 Å². The van der Waals surface area contributed by atoms with Gasteiger partial charge in [-0.05, 0) is 86.2 Å². The van der Waals surface area contributed by atoms with Gasteiger partial charge in [-0.2, -0.15) is 0 Å². The zero-order valence-electron chi connectivity index (χ0n) is 18.3. The molecule has 3 fully saturated rings. The summed E-state index contributed by atoms with van der Waals surface area (Å²) in [6, 6.07) is 0. The first-order valence-corrected chi connectivity index (χ1v) is 11.1. The van der Waals surface area contributed by atoms with Gasteiger partial charge < -0.3 is 9.84 Å². The Morgan fingerprint density at radius 3 is 2.45 bits per heavy atom. The van der Waals surface area contributed by atoms with Gasteiger partial charge in [-0.15, -0.1) is 0 Å². The van der Waals surface area contributed by atoms with Gasteiger partial charge in [0, 0.05) is 13.3 Å². The van der Waals surface area contributed by atoms with E-state index in [1.54, 1.807) is 13.0 Å². The molecule has 5 heteroatoms. The standard InChI is InChI=1S/C24H34O5/c1-13(25)21-19(29-14(2)26)11-18-16-12-24(5,28)20-10-15(27)6-8-22(20,3)17(16)7-9-23(18,21)4/h10,16-19,21,28H,6-9,11-12H2,1-5H3/t16-,17+,18+,19+,21+,22-,23+,24-/m1/s1. The van der Waals surface area contributed by atoms with Gasteiger partial charge >= 0.3 is 5.97 Å². The van der Waals surface area contributed by atoms with E-state index in [0.717, 1.165) is 24.8 Å². The summed E-state index contributed by atoms with van der Waals surface area (Å²) in [4.78, 5) is 36.5. The van der Waals surface area contributed by atoms with E-state index in [4.69, 9.17) is 4.74 Å². The first-order valence-electron chi connectivity index (χ1n) is 11.1. The Balaban J connectivity index is 1.75. The van der Waals surface area contributed by atoms with Gasteiger partial charge in [0.1, 0.15) is 11.9 Å². The number of carbonyl (C=O) groups is 3. The summed E-state index contributed by atoms with van der Waals surface area (Å²) in [6.07, 6.45) is 5.83. The lowest BCUT2D eigenvalue weighted by atomic mass is 9.44. The highest BCUT2D eigenvalue weighted by Crippen LogP contribution is 2.68. The number of esters is 1. The van der Waals surface area contributed by atoms with Crippen LogP contribution >= 0.6 is 0 Å². The maximum atomic E-state index is 12.6. The first kappa shape index (κ1) is 20.8. The van der Waals surface area contributed by atoms with Crippen LogP contribution in [-0.2, 0) is 19.1 Å². The van der Waals surface area contributed by atoms with Crippen molar-refractivity contribution in [3.05, 3.63) is 11.6 Å². The van der Waals surface area contributed by atoms with E-state index in [-0.39, 0.29) is 52.2 Å². The van der Waals surface area contributed by atoms with Crippen molar-refractivity contribution in [2.75, 3.05) is 0 Å². The van der Waals surface area contributed by atoms with Crippen LogP contribution in [0.15, 0.2) is 11.6 Å². The van der Waals surface area contributed by atoms with Crippen molar-refractivity contribution >= 4 is 17.5 Å². The maximum Gasteiger partial charge on any atom is 0.302 e. The van der Waals surface area contributed by atoms with Crippen LogP contribution in [0.2, 0.25) is 0 Å². The number of ketones is 2. The van der Waals surface area contributed by atoms with Crippen molar-refractivity contribution in [2.45, 2.75) is 84.8 Å². The molecule has 0 saturated heterocycles. The SMILES string of the molecule is CC(=O)O[C@H]1C[C@H]2[C@@H]3C[C@@](C)(O)C4=CC(=O)CC[C@]4(C)[C@H]3CC[C@]2(C)[C@H]1C(C)=O. The van der Waals surface area contributed by atoms with Crippen LogP contribution in [0.4, 0.5) is 0 Å². The Labute approximate surface area is 173 Å². The minimum atomic E-state index is -1.02. The predicted molar refractivity (Wildman–Crippen MR) is 108 cm³/mol. The van der Waals surface area contributed by atoms with E-state index in [2.05, 4.69) is 13.8 Å². The van der Waals surface area contributed by atoms with E-state index < -0.39 is 5.60 Å². The number of rotatable bonds is 2. The first-order chi connectivity index (χ1) is 13.4. The maximum absolute atomic E-state index is 12.6. The number of hydrogen-bond acceptors (Lipinski definition) is 5. The van der Waals surface area contributed by atoms with E-state index in [1.165, 1.54) is 6.92 Å². The molecule has 160 valence electrons. The topological polar surface area (TPSA) is 80.7 Å². The predicted octanol–water partition coefficient (Wildman–Crippen LogP) is 3.63. The molecule has 0 radical (unpaired) electrons. The van der Waals surface area contributed by atoms with Crippen LogP contribution in [0.5, 0.6) is 0 Å². The van der Waals surface area contributed by atoms with E-state index >= 15 is 0 Å². The van der Waals surface area contributed by atoms with E-state index in [9.17, 15) is 19.5 Å². The second-order valence-electron chi connectivity index (χ2n) is 10.8. The molecule has 0 unspecified atom stereocenters. The molecule has 1 N–H and O–H groups in total. The molecule has 0 heterocycles. The van der Waals surface area contributed by atoms with Gasteiger partial charge in [0.05, 0.1) is 11.5 Å². The van der Waals surface area contributed by atoms with Crippen LogP contribution in [0.1, 0.15) is 73.1 Å². The second-order valence-corrected chi connectivity index (χ2v) is 10.8. The second kappa shape index (κ2) is 6.50. The summed E-state index contributed by atoms with van der Waals surface area (Å²) in [7, 11) is 0. The molecule has 0 aromatic carbocycles. The third-order valence-corrected chi connectivity index (χ3v) is 9.04. The smallest absolute Gasteiger partial charge is 0.302 e. The van der Waals surface area contributed by atoms with Crippen molar-refractivity contribution in [2.24, 2.45) is 34.5 Å².